The smallest absolute Gasteiger partial charge is 0.274 e. The molecule has 2 heterocycles. The van der Waals surface area contributed by atoms with E-state index in [1.165, 1.54) is 12.1 Å². The topological polar surface area (TPSA) is 73.0 Å². The van der Waals surface area contributed by atoms with Crippen molar-refractivity contribution in [1.82, 2.24) is 14.7 Å². The van der Waals surface area contributed by atoms with E-state index < -0.39 is 0 Å². The molecule has 0 saturated heterocycles. The Bertz CT molecular complexity index is 1100. The van der Waals surface area contributed by atoms with Crippen molar-refractivity contribution < 1.29 is 13.7 Å². The number of nitrogens with one attached hydrogen (secondary N) is 1. The number of nitrogens with zero attached hydrogens (tertiary/aromatic N) is 3. The lowest BCUT2D eigenvalue weighted by Crippen LogP contribution is -2.18. The zero-order chi connectivity index (χ0) is 19.5. The molecule has 8 heteroatoms. The van der Waals surface area contributed by atoms with E-state index in [1.807, 2.05) is 0 Å². The van der Waals surface area contributed by atoms with Crippen molar-refractivity contribution in [1.29, 1.82) is 0 Å². The Hall–Kier alpha value is -3.45. The summed E-state index contributed by atoms with van der Waals surface area (Å²) in [6.45, 7) is 0.0687. The van der Waals surface area contributed by atoms with Crippen molar-refractivity contribution >= 4 is 23.2 Å². The molecule has 1 N–H and O–H groups in total. The van der Waals surface area contributed by atoms with E-state index in [0.717, 1.165) is 0 Å². The van der Waals surface area contributed by atoms with Gasteiger partial charge in [-0.25, -0.2) is 4.39 Å². The summed E-state index contributed by atoms with van der Waals surface area (Å²) < 4.78 is 20.1. The second-order valence-corrected chi connectivity index (χ2v) is 6.44. The maximum atomic E-state index is 13.1. The van der Waals surface area contributed by atoms with Crippen molar-refractivity contribution in [2.45, 2.75) is 6.54 Å². The third-order valence-corrected chi connectivity index (χ3v) is 4.27. The van der Waals surface area contributed by atoms with Crippen LogP contribution in [0.5, 0.6) is 0 Å². The van der Waals surface area contributed by atoms with Crippen molar-refractivity contribution in [2.24, 2.45) is 0 Å². The predicted octanol–water partition coefficient (Wildman–Crippen LogP) is 4.64. The Balaban J connectivity index is 1.50. The van der Waals surface area contributed by atoms with E-state index in [2.05, 4.69) is 15.5 Å². The van der Waals surface area contributed by atoms with Crippen LogP contribution < -0.4 is 5.32 Å². The fourth-order valence-electron chi connectivity index (χ4n) is 2.68. The molecule has 140 valence electrons. The summed E-state index contributed by atoms with van der Waals surface area (Å²) in [5.74, 6) is 0.0584. The number of halogens is 2. The van der Waals surface area contributed by atoms with E-state index in [4.69, 9.17) is 16.1 Å². The molecular weight excluding hydrogens is 383 g/mol. The second kappa shape index (κ2) is 7.66. The standard InChI is InChI=1S/C20H14ClFN4O2/c21-14-5-9-16(10-6-14)23-18(27)12-26-11-1-2-17(26)20-24-19(25-28-20)13-3-7-15(22)8-4-13/h1-11H,12H2,(H,23,27). The van der Waals surface area contributed by atoms with Crippen LogP contribution >= 0.6 is 11.6 Å². The van der Waals surface area contributed by atoms with Crippen molar-refractivity contribution in [3.05, 3.63) is 77.7 Å². The van der Waals surface area contributed by atoms with Crippen LogP contribution in [0.1, 0.15) is 0 Å². The fraction of sp³-hybridized carbons (Fsp3) is 0.0500. The summed E-state index contributed by atoms with van der Waals surface area (Å²) in [7, 11) is 0. The molecule has 0 unspecified atom stereocenters. The molecule has 0 spiro atoms. The fourth-order valence-corrected chi connectivity index (χ4v) is 2.80. The molecule has 0 radical (unpaired) electrons. The van der Waals surface area contributed by atoms with E-state index >= 15 is 0 Å². The van der Waals surface area contributed by atoms with Gasteiger partial charge >= 0.3 is 0 Å². The van der Waals surface area contributed by atoms with Gasteiger partial charge in [0, 0.05) is 22.5 Å². The summed E-state index contributed by atoms with van der Waals surface area (Å²) in [4.78, 5) is 16.7. The van der Waals surface area contributed by atoms with Crippen LogP contribution in [-0.2, 0) is 11.3 Å². The van der Waals surface area contributed by atoms with E-state index in [0.29, 0.717) is 27.8 Å². The molecule has 0 bridgehead atoms. The average molecular weight is 397 g/mol. The van der Waals surface area contributed by atoms with Crippen LogP contribution in [0.4, 0.5) is 10.1 Å². The van der Waals surface area contributed by atoms with Crippen molar-refractivity contribution in [3.8, 4) is 23.0 Å². The highest BCUT2D eigenvalue weighted by Crippen LogP contribution is 2.23. The van der Waals surface area contributed by atoms with Gasteiger partial charge in [-0.1, -0.05) is 16.8 Å². The minimum atomic E-state index is -0.340. The molecule has 6 nitrogen and oxygen atoms in total. The van der Waals surface area contributed by atoms with E-state index in [1.54, 1.807) is 59.3 Å². The number of amides is 1. The third kappa shape index (κ3) is 3.94. The van der Waals surface area contributed by atoms with Gasteiger partial charge in [-0.3, -0.25) is 4.79 Å². The second-order valence-electron chi connectivity index (χ2n) is 6.01. The van der Waals surface area contributed by atoms with Gasteiger partial charge in [-0.15, -0.1) is 0 Å². The number of aromatic nitrogens is 3. The Kier molecular flexibility index (Phi) is 4.90. The lowest BCUT2D eigenvalue weighted by Gasteiger charge is -2.08. The van der Waals surface area contributed by atoms with Gasteiger partial charge in [0.1, 0.15) is 18.1 Å². The quantitative estimate of drug-likeness (QED) is 0.533. The Morgan fingerprint density at radius 1 is 1.11 bits per heavy atom. The first-order valence-electron chi connectivity index (χ1n) is 8.39. The number of carbonyl (C=O) groups is 1. The van der Waals surface area contributed by atoms with Gasteiger partial charge < -0.3 is 14.4 Å². The van der Waals surface area contributed by atoms with Crippen LogP contribution in [0.3, 0.4) is 0 Å². The maximum Gasteiger partial charge on any atom is 0.274 e. The van der Waals surface area contributed by atoms with Gasteiger partial charge in [-0.05, 0) is 60.7 Å². The Morgan fingerprint density at radius 3 is 2.61 bits per heavy atom. The van der Waals surface area contributed by atoms with Crippen LogP contribution in [0.15, 0.2) is 71.4 Å². The minimum absolute atomic E-state index is 0.0687. The highest BCUT2D eigenvalue weighted by Gasteiger charge is 2.15. The van der Waals surface area contributed by atoms with Crippen LogP contribution in [0.2, 0.25) is 5.02 Å². The minimum Gasteiger partial charge on any atom is -0.334 e. The molecule has 2 aromatic heterocycles. The molecule has 0 aliphatic rings. The summed E-state index contributed by atoms with van der Waals surface area (Å²) >= 11 is 5.85. The monoisotopic (exact) mass is 396 g/mol. The predicted molar refractivity (Wildman–Crippen MR) is 103 cm³/mol. The number of anilines is 1. The zero-order valence-corrected chi connectivity index (χ0v) is 15.2. The van der Waals surface area contributed by atoms with Crippen LogP contribution in [0, 0.1) is 5.82 Å². The molecule has 28 heavy (non-hydrogen) atoms. The molecule has 1 amide bonds. The molecule has 0 atom stereocenters. The SMILES string of the molecule is O=C(Cn1cccc1-c1nc(-c2ccc(F)cc2)no1)Nc1ccc(Cl)cc1. The Labute approximate surface area is 164 Å². The van der Waals surface area contributed by atoms with E-state index in [-0.39, 0.29) is 24.2 Å². The first-order chi connectivity index (χ1) is 13.6. The lowest BCUT2D eigenvalue weighted by molar-refractivity contribution is -0.116. The Morgan fingerprint density at radius 2 is 1.86 bits per heavy atom. The summed E-state index contributed by atoms with van der Waals surface area (Å²) in [6.07, 6.45) is 1.75. The highest BCUT2D eigenvalue weighted by atomic mass is 35.5. The highest BCUT2D eigenvalue weighted by molar-refractivity contribution is 6.30. The van der Waals surface area contributed by atoms with Gasteiger partial charge in [0.2, 0.25) is 11.7 Å². The third-order valence-electron chi connectivity index (χ3n) is 4.02. The largest absolute Gasteiger partial charge is 0.334 e. The molecule has 2 aromatic carbocycles. The number of benzene rings is 2. The van der Waals surface area contributed by atoms with Gasteiger partial charge in [-0.2, -0.15) is 4.98 Å². The van der Waals surface area contributed by atoms with Crippen molar-refractivity contribution in [2.75, 3.05) is 5.32 Å². The van der Waals surface area contributed by atoms with Gasteiger partial charge in [0.15, 0.2) is 0 Å². The normalized spacial score (nSPS) is 10.8. The van der Waals surface area contributed by atoms with Gasteiger partial charge in [0.05, 0.1) is 0 Å². The molecule has 0 saturated carbocycles. The van der Waals surface area contributed by atoms with Gasteiger partial charge in [0.25, 0.3) is 5.89 Å². The first-order valence-corrected chi connectivity index (χ1v) is 8.77. The van der Waals surface area contributed by atoms with Crippen LogP contribution in [0.25, 0.3) is 23.0 Å². The molecule has 4 rings (SSSR count). The maximum absolute atomic E-state index is 13.1. The number of hydrogen-bond donors (Lipinski definition) is 1. The number of carbonyl (C=O) groups excluding carboxylic acids is 1. The average Bonchev–Trinajstić information content (AvgIpc) is 3.33. The molecule has 0 fully saturated rings. The molecular formula is C20H14ClFN4O2. The molecule has 4 aromatic rings. The first kappa shape index (κ1) is 17.9. The molecule has 0 aliphatic heterocycles. The summed E-state index contributed by atoms with van der Waals surface area (Å²) in [6, 6.07) is 16.2. The summed E-state index contributed by atoms with van der Waals surface area (Å²) in [5.41, 5.74) is 1.89. The summed E-state index contributed by atoms with van der Waals surface area (Å²) in [5, 5.41) is 7.33. The van der Waals surface area contributed by atoms with Crippen LogP contribution in [-0.4, -0.2) is 20.6 Å². The molecule has 0 aliphatic carbocycles. The van der Waals surface area contributed by atoms with E-state index in [9.17, 15) is 9.18 Å². The number of hydrogen-bond acceptors (Lipinski definition) is 4. The lowest BCUT2D eigenvalue weighted by atomic mass is 10.2. The zero-order valence-electron chi connectivity index (χ0n) is 14.5. The van der Waals surface area contributed by atoms with Crippen molar-refractivity contribution in [3.63, 3.8) is 0 Å². The number of rotatable bonds is 5.